The molecule has 3 rings (SSSR count). The van der Waals surface area contributed by atoms with Crippen LogP contribution < -0.4 is 19.6 Å². The average Bonchev–Trinajstić information content (AvgIpc) is 2.84. The standard InChI is InChI=1S/C27H28N2O5/c1-18(2)22-8-5-19(3)25(15-22)33-17-26(30)29-28-16-20-6-11-24(12-7-20)34-27(31)21-9-13-23(32-4)14-10-21/h5-16,18H,17H2,1-4H3,(H,29,30). The zero-order valence-corrected chi connectivity index (χ0v) is 19.7. The molecule has 0 bridgehead atoms. The molecular weight excluding hydrogens is 432 g/mol. The van der Waals surface area contributed by atoms with Gasteiger partial charge in [-0.3, -0.25) is 4.79 Å². The Morgan fingerprint density at radius 2 is 1.65 bits per heavy atom. The third-order valence-corrected chi connectivity index (χ3v) is 5.06. The van der Waals surface area contributed by atoms with Gasteiger partial charge in [0.2, 0.25) is 0 Å². The fourth-order valence-electron chi connectivity index (χ4n) is 3.00. The second-order valence-corrected chi connectivity index (χ2v) is 7.95. The highest BCUT2D eigenvalue weighted by Gasteiger charge is 2.09. The van der Waals surface area contributed by atoms with E-state index in [1.54, 1.807) is 55.6 Å². The van der Waals surface area contributed by atoms with Crippen molar-refractivity contribution in [3.8, 4) is 17.2 Å². The number of amides is 1. The molecule has 1 amide bonds. The number of benzene rings is 3. The molecule has 0 radical (unpaired) electrons. The number of carbonyl (C=O) groups is 2. The van der Waals surface area contributed by atoms with E-state index >= 15 is 0 Å². The van der Waals surface area contributed by atoms with Crippen LogP contribution in [0.15, 0.2) is 71.8 Å². The minimum absolute atomic E-state index is 0.139. The number of carbonyl (C=O) groups excluding carboxylic acids is 2. The van der Waals surface area contributed by atoms with Crippen molar-refractivity contribution >= 4 is 18.1 Å². The molecule has 7 nitrogen and oxygen atoms in total. The smallest absolute Gasteiger partial charge is 0.343 e. The van der Waals surface area contributed by atoms with Gasteiger partial charge in [-0.1, -0.05) is 26.0 Å². The van der Waals surface area contributed by atoms with Gasteiger partial charge in [0.25, 0.3) is 5.91 Å². The van der Waals surface area contributed by atoms with Gasteiger partial charge in [0, 0.05) is 0 Å². The van der Waals surface area contributed by atoms with Crippen LogP contribution in [0.2, 0.25) is 0 Å². The van der Waals surface area contributed by atoms with Gasteiger partial charge in [0.05, 0.1) is 18.9 Å². The molecule has 0 aliphatic carbocycles. The van der Waals surface area contributed by atoms with Gasteiger partial charge in [-0.2, -0.15) is 5.10 Å². The predicted molar refractivity (Wildman–Crippen MR) is 131 cm³/mol. The topological polar surface area (TPSA) is 86.2 Å². The first-order chi connectivity index (χ1) is 16.4. The van der Waals surface area contributed by atoms with Crippen molar-refractivity contribution in [2.24, 2.45) is 5.10 Å². The van der Waals surface area contributed by atoms with Crippen molar-refractivity contribution in [3.05, 3.63) is 89.0 Å². The summed E-state index contributed by atoms with van der Waals surface area (Å²) in [6, 6.07) is 19.4. The second-order valence-electron chi connectivity index (χ2n) is 7.95. The molecule has 0 unspecified atom stereocenters. The number of methoxy groups -OCH3 is 1. The van der Waals surface area contributed by atoms with Crippen LogP contribution in [0, 0.1) is 6.92 Å². The molecule has 34 heavy (non-hydrogen) atoms. The highest BCUT2D eigenvalue weighted by atomic mass is 16.5. The van der Waals surface area contributed by atoms with Crippen LogP contribution >= 0.6 is 0 Å². The maximum atomic E-state index is 12.2. The Hall–Kier alpha value is -4.13. The molecular formula is C27H28N2O5. The van der Waals surface area contributed by atoms with Crippen LogP contribution in [0.1, 0.15) is 46.8 Å². The normalized spacial score (nSPS) is 10.9. The van der Waals surface area contributed by atoms with Crippen LogP contribution in [0.4, 0.5) is 0 Å². The van der Waals surface area contributed by atoms with Crippen molar-refractivity contribution < 1.29 is 23.8 Å². The predicted octanol–water partition coefficient (Wildman–Crippen LogP) is 4.88. The summed E-state index contributed by atoms with van der Waals surface area (Å²) in [6.45, 7) is 6.01. The van der Waals surface area contributed by atoms with Gasteiger partial charge >= 0.3 is 5.97 Å². The first-order valence-electron chi connectivity index (χ1n) is 10.9. The summed E-state index contributed by atoms with van der Waals surface area (Å²) in [4.78, 5) is 24.3. The zero-order chi connectivity index (χ0) is 24.5. The summed E-state index contributed by atoms with van der Waals surface area (Å²) >= 11 is 0. The first kappa shape index (κ1) is 24.5. The van der Waals surface area contributed by atoms with E-state index in [0.717, 1.165) is 16.7 Å². The molecule has 0 aliphatic heterocycles. The molecule has 3 aromatic carbocycles. The molecule has 0 saturated carbocycles. The van der Waals surface area contributed by atoms with Crippen LogP contribution in [-0.2, 0) is 4.79 Å². The summed E-state index contributed by atoms with van der Waals surface area (Å²) in [7, 11) is 1.56. The monoisotopic (exact) mass is 460 g/mol. The second kappa shape index (κ2) is 11.7. The van der Waals surface area contributed by atoms with E-state index in [1.807, 2.05) is 19.1 Å². The Bertz CT molecular complexity index is 1150. The third kappa shape index (κ3) is 6.93. The molecule has 0 fully saturated rings. The first-order valence-corrected chi connectivity index (χ1v) is 10.9. The molecule has 7 heteroatoms. The lowest BCUT2D eigenvalue weighted by Crippen LogP contribution is -2.24. The molecule has 0 aromatic heterocycles. The zero-order valence-electron chi connectivity index (χ0n) is 19.7. The van der Waals surface area contributed by atoms with Crippen molar-refractivity contribution in [2.75, 3.05) is 13.7 Å². The lowest BCUT2D eigenvalue weighted by Gasteiger charge is -2.12. The number of hydrogen-bond acceptors (Lipinski definition) is 6. The summed E-state index contributed by atoms with van der Waals surface area (Å²) in [6.07, 6.45) is 1.50. The molecule has 176 valence electrons. The molecule has 0 spiro atoms. The minimum Gasteiger partial charge on any atom is -0.497 e. The molecule has 0 atom stereocenters. The van der Waals surface area contributed by atoms with Crippen molar-refractivity contribution in [1.29, 1.82) is 0 Å². The van der Waals surface area contributed by atoms with Gasteiger partial charge < -0.3 is 14.2 Å². The molecule has 0 saturated heterocycles. The van der Waals surface area contributed by atoms with Crippen LogP contribution in [0.25, 0.3) is 0 Å². The Balaban J connectivity index is 1.48. The van der Waals surface area contributed by atoms with E-state index in [4.69, 9.17) is 14.2 Å². The van der Waals surface area contributed by atoms with E-state index in [9.17, 15) is 9.59 Å². The number of hydrogen-bond donors (Lipinski definition) is 1. The third-order valence-electron chi connectivity index (χ3n) is 5.06. The molecule has 1 N–H and O–H groups in total. The summed E-state index contributed by atoms with van der Waals surface area (Å²) in [5.74, 6) is 1.29. The Morgan fingerprint density at radius 1 is 0.971 bits per heavy atom. The van der Waals surface area contributed by atoms with E-state index < -0.39 is 5.97 Å². The minimum atomic E-state index is -0.467. The number of esters is 1. The molecule has 3 aromatic rings. The fourth-order valence-corrected chi connectivity index (χ4v) is 3.00. The number of rotatable bonds is 9. The quantitative estimate of drug-likeness (QED) is 0.213. The Morgan fingerprint density at radius 3 is 2.29 bits per heavy atom. The van der Waals surface area contributed by atoms with E-state index in [-0.39, 0.29) is 12.5 Å². The summed E-state index contributed by atoms with van der Waals surface area (Å²) < 4.78 is 16.1. The molecule has 0 heterocycles. The van der Waals surface area contributed by atoms with Gasteiger partial charge in [-0.25, -0.2) is 10.2 Å². The van der Waals surface area contributed by atoms with E-state index in [0.29, 0.717) is 28.7 Å². The van der Waals surface area contributed by atoms with Gasteiger partial charge in [-0.05, 0) is 84.1 Å². The highest BCUT2D eigenvalue weighted by Crippen LogP contribution is 2.24. The summed E-state index contributed by atoms with van der Waals surface area (Å²) in [5, 5.41) is 3.95. The number of ether oxygens (including phenoxy) is 3. The largest absolute Gasteiger partial charge is 0.497 e. The number of hydrazone groups is 1. The van der Waals surface area contributed by atoms with Gasteiger partial charge in [0.15, 0.2) is 6.61 Å². The van der Waals surface area contributed by atoms with E-state index in [2.05, 4.69) is 30.4 Å². The Labute approximate surface area is 199 Å². The van der Waals surface area contributed by atoms with Gasteiger partial charge in [0.1, 0.15) is 17.2 Å². The average molecular weight is 461 g/mol. The van der Waals surface area contributed by atoms with Crippen molar-refractivity contribution in [3.63, 3.8) is 0 Å². The van der Waals surface area contributed by atoms with Crippen LogP contribution in [0.3, 0.4) is 0 Å². The lowest BCUT2D eigenvalue weighted by atomic mass is 10.0. The SMILES string of the molecule is COc1ccc(C(=O)Oc2ccc(C=NNC(=O)COc3cc(C(C)C)ccc3C)cc2)cc1. The lowest BCUT2D eigenvalue weighted by molar-refractivity contribution is -0.123. The fraction of sp³-hybridized carbons (Fsp3) is 0.222. The number of nitrogens with zero attached hydrogens (tertiary/aromatic N) is 1. The maximum Gasteiger partial charge on any atom is 0.343 e. The molecule has 0 aliphatic rings. The number of aryl methyl sites for hydroxylation is 1. The van der Waals surface area contributed by atoms with Crippen LogP contribution in [-0.4, -0.2) is 31.8 Å². The Kier molecular flexibility index (Phi) is 8.40. The highest BCUT2D eigenvalue weighted by molar-refractivity contribution is 5.91. The van der Waals surface area contributed by atoms with Crippen LogP contribution in [0.5, 0.6) is 17.2 Å². The van der Waals surface area contributed by atoms with E-state index in [1.165, 1.54) is 6.21 Å². The van der Waals surface area contributed by atoms with Crippen molar-refractivity contribution in [1.82, 2.24) is 5.43 Å². The van der Waals surface area contributed by atoms with Gasteiger partial charge in [-0.15, -0.1) is 0 Å². The number of nitrogens with one attached hydrogen (secondary N) is 1. The summed E-state index contributed by atoms with van der Waals surface area (Å²) in [5.41, 5.74) is 5.71. The van der Waals surface area contributed by atoms with Crippen molar-refractivity contribution in [2.45, 2.75) is 26.7 Å². The maximum absolute atomic E-state index is 12.2.